The number of halogens is 3. The fourth-order valence-corrected chi connectivity index (χ4v) is 9.82. The third-order valence-corrected chi connectivity index (χ3v) is 12.1. The number of ether oxygens (including phenoxy) is 1. The maximum absolute atomic E-state index is 13.7. The second-order valence-electron chi connectivity index (χ2n) is 12.3. The summed E-state index contributed by atoms with van der Waals surface area (Å²) in [5.74, 6) is -0.789. The van der Waals surface area contributed by atoms with Crippen LogP contribution in [0, 0.1) is 23.7 Å². The van der Waals surface area contributed by atoms with Crippen molar-refractivity contribution in [1.29, 1.82) is 0 Å². The van der Waals surface area contributed by atoms with Gasteiger partial charge < -0.3 is 0 Å². The molecule has 7 nitrogen and oxygen atoms in total. The molecule has 1 unspecified atom stereocenters. The van der Waals surface area contributed by atoms with Crippen LogP contribution in [0.15, 0.2) is 66.8 Å². The Bertz CT molecular complexity index is 1840. The van der Waals surface area contributed by atoms with Gasteiger partial charge in [-0.2, -0.15) is 13.2 Å². The number of allylic oxidation sites excluding steroid dienone is 4. The minimum atomic E-state index is -6.06. The fourth-order valence-electron chi connectivity index (χ4n) is 8.18. The van der Waals surface area contributed by atoms with Crippen molar-refractivity contribution >= 4 is 42.7 Å². The van der Waals surface area contributed by atoms with Gasteiger partial charge >= 0.3 is 245 Å². The molecule has 1 saturated heterocycles. The average molecular weight is 716 g/mol. The van der Waals surface area contributed by atoms with Gasteiger partial charge in [0.2, 0.25) is 0 Å². The molecule has 4 bridgehead atoms. The van der Waals surface area contributed by atoms with Crippen molar-refractivity contribution in [1.82, 2.24) is 4.98 Å². The van der Waals surface area contributed by atoms with E-state index in [9.17, 15) is 21.6 Å². The Labute approximate surface area is 276 Å². The van der Waals surface area contributed by atoms with Gasteiger partial charge in [-0.15, -0.1) is 0 Å². The number of methoxy groups -OCH3 is 1. The first-order valence-corrected chi connectivity index (χ1v) is 17.6. The van der Waals surface area contributed by atoms with Crippen LogP contribution in [0.5, 0.6) is 5.75 Å². The second-order valence-corrected chi connectivity index (χ2v) is 15.2. The Balaban J connectivity index is 1.47. The van der Waals surface area contributed by atoms with E-state index in [1.165, 1.54) is 35.9 Å². The Morgan fingerprint density at radius 3 is 2.37 bits per heavy atom. The van der Waals surface area contributed by atoms with Crippen molar-refractivity contribution < 1.29 is 55.3 Å². The third kappa shape index (κ3) is 4.88. The first-order chi connectivity index (χ1) is 21.9. The fraction of sp³-hybridized carbons (Fsp3) is 0.394. The first-order valence-electron chi connectivity index (χ1n) is 14.8. The zero-order valence-corrected chi connectivity index (χ0v) is 27.2. The molecule has 3 aromatic rings. The average Bonchev–Trinajstić information content (AvgIpc) is 3.43. The van der Waals surface area contributed by atoms with E-state index in [1.807, 2.05) is 12.1 Å². The van der Waals surface area contributed by atoms with Crippen LogP contribution in [0.2, 0.25) is 0 Å². The van der Waals surface area contributed by atoms with Crippen LogP contribution in [0.4, 0.5) is 13.2 Å². The predicted octanol–water partition coefficient (Wildman–Crippen LogP) is 7.62. The normalized spacial score (nSPS) is 30.7. The molecule has 13 heteroatoms. The van der Waals surface area contributed by atoms with E-state index in [2.05, 4.69) is 26.6 Å². The van der Waals surface area contributed by atoms with Crippen molar-refractivity contribution in [2.24, 2.45) is 23.7 Å². The van der Waals surface area contributed by atoms with Gasteiger partial charge in [-0.25, -0.2) is 0 Å². The van der Waals surface area contributed by atoms with Gasteiger partial charge in [-0.1, -0.05) is 12.1 Å². The summed E-state index contributed by atoms with van der Waals surface area (Å²) >= 11 is 5.89. The molecule has 5 fully saturated rings. The second kappa shape index (κ2) is 11.5. The van der Waals surface area contributed by atoms with Crippen molar-refractivity contribution in [2.75, 3.05) is 7.11 Å². The Kier molecular flexibility index (Phi) is 7.97. The Hall–Kier alpha value is -2.67. The SMILES string of the molecule is C=CC(/C=C/c1cc(-c2nc3ccccc3s2)c(OS(=O)(=O)C(F)(F)F)cc1C1(OC)OOC12C1CC3CC(C1)CC2C3)=C\[CH]=[Ni]. The molecule has 246 valence electrons. The number of alkyl halides is 3. The molecule has 46 heavy (non-hydrogen) atoms. The number of nitrogens with zero attached hydrogens (tertiary/aromatic N) is 1. The quantitative estimate of drug-likeness (QED) is 0.0741. The van der Waals surface area contributed by atoms with Crippen LogP contribution in [-0.2, 0) is 45.4 Å². The van der Waals surface area contributed by atoms with Crippen molar-refractivity contribution in [2.45, 2.75) is 49.0 Å². The van der Waals surface area contributed by atoms with Gasteiger partial charge in [0.1, 0.15) is 0 Å². The molecule has 1 spiro atoms. The number of rotatable bonds is 9. The summed E-state index contributed by atoms with van der Waals surface area (Å²) < 4.78 is 78.2. The van der Waals surface area contributed by atoms with E-state index in [1.54, 1.807) is 42.5 Å². The molecule has 8 rings (SSSR count). The van der Waals surface area contributed by atoms with Crippen molar-refractivity contribution in [3.8, 4) is 16.3 Å². The number of para-hydroxylation sites is 1. The first kappa shape index (κ1) is 31.9. The Morgan fingerprint density at radius 1 is 1.11 bits per heavy atom. The molecular weight excluding hydrogens is 686 g/mol. The topological polar surface area (TPSA) is 84.0 Å². The Morgan fingerprint density at radius 2 is 1.80 bits per heavy atom. The van der Waals surface area contributed by atoms with Gasteiger partial charge in [0.15, 0.2) is 0 Å². The molecule has 4 aliphatic carbocycles. The molecule has 2 heterocycles. The molecule has 1 atom stereocenters. The minimum absolute atomic E-state index is 0.0595. The molecule has 0 radical (unpaired) electrons. The summed E-state index contributed by atoms with van der Waals surface area (Å²) in [5.41, 5.74) is -4.46. The van der Waals surface area contributed by atoms with Crippen LogP contribution in [0.3, 0.4) is 0 Å². The molecule has 1 aromatic heterocycles. The third-order valence-electron chi connectivity index (χ3n) is 9.90. The summed E-state index contributed by atoms with van der Waals surface area (Å²) in [7, 11) is -4.59. The van der Waals surface area contributed by atoms with E-state index < -0.39 is 32.8 Å². The summed E-state index contributed by atoms with van der Waals surface area (Å²) in [4.78, 5) is 18.1. The van der Waals surface area contributed by atoms with Crippen LogP contribution >= 0.6 is 11.3 Å². The predicted molar refractivity (Wildman–Crippen MR) is 165 cm³/mol. The van der Waals surface area contributed by atoms with Crippen LogP contribution < -0.4 is 4.18 Å². The van der Waals surface area contributed by atoms with Gasteiger partial charge in [0.25, 0.3) is 0 Å². The zero-order valence-electron chi connectivity index (χ0n) is 24.6. The van der Waals surface area contributed by atoms with Crippen molar-refractivity contribution in [3.63, 3.8) is 0 Å². The summed E-state index contributed by atoms with van der Waals surface area (Å²) in [6.45, 7) is 3.84. The van der Waals surface area contributed by atoms with E-state index >= 15 is 0 Å². The number of thiazole rings is 1. The summed E-state index contributed by atoms with van der Waals surface area (Å²) in [5, 5.41) is 0.275. The molecule has 0 amide bonds. The van der Waals surface area contributed by atoms with E-state index in [0.717, 1.165) is 30.4 Å². The molecule has 4 saturated carbocycles. The van der Waals surface area contributed by atoms with Gasteiger partial charge in [-0.05, 0) is 6.42 Å². The van der Waals surface area contributed by atoms with Gasteiger partial charge in [-0.3, -0.25) is 0 Å². The summed E-state index contributed by atoms with van der Waals surface area (Å²) in [6.07, 6.45) is 11.7. The van der Waals surface area contributed by atoms with E-state index in [-0.39, 0.29) is 28.0 Å². The van der Waals surface area contributed by atoms with Crippen molar-refractivity contribution in [3.05, 3.63) is 77.9 Å². The molecule has 1 aliphatic heterocycles. The van der Waals surface area contributed by atoms with Crippen LogP contribution in [0.1, 0.15) is 43.2 Å². The molecular formula is C33H30F3NNiO6S2. The molecule has 2 aromatic carbocycles. The number of hydrogen-bond donors (Lipinski definition) is 0. The zero-order chi connectivity index (χ0) is 32.5. The molecule has 5 aliphatic rings. The molecule has 0 N–H and O–H groups in total. The van der Waals surface area contributed by atoms with Gasteiger partial charge in [0, 0.05) is 0 Å². The standard InChI is InChI=1S/C33H30F3NO6S2.Ni/c1-4-19(5-2)10-11-22-17-25(30-37-27-8-6-7-9-29(27)44-30)28(41-45(38,39)33(34,35)36)18-26(22)32(40-3)31(42-43-32)23-13-20-12-21(15-23)16-24(31)14-20;/h1,4-11,17-18,20-21,23-24H,2,12-16H2,3H3;/b11-10+,19-4+;. The van der Waals surface area contributed by atoms with Gasteiger partial charge in [0.05, 0.1) is 0 Å². The number of benzene rings is 2. The van der Waals surface area contributed by atoms with Crippen LogP contribution in [-0.4, -0.2) is 36.6 Å². The maximum atomic E-state index is 13.7. The van der Waals surface area contributed by atoms with E-state index in [4.69, 9.17) is 18.7 Å². The summed E-state index contributed by atoms with van der Waals surface area (Å²) in [6, 6.07) is 10.0. The van der Waals surface area contributed by atoms with Crippen LogP contribution in [0.25, 0.3) is 26.9 Å². The van der Waals surface area contributed by atoms with E-state index in [0.29, 0.717) is 28.5 Å². The number of aromatic nitrogens is 1. The number of hydrogen-bond acceptors (Lipinski definition) is 8. The number of fused-ring (bicyclic) bond motifs is 1. The monoisotopic (exact) mass is 715 g/mol.